The van der Waals surface area contributed by atoms with Gasteiger partial charge in [-0.3, -0.25) is 9.59 Å². The van der Waals surface area contributed by atoms with E-state index >= 15 is 0 Å². The molecular formula is C25H30BrN3O6. The Morgan fingerprint density at radius 3 is 2.57 bits per heavy atom. The number of benzene rings is 2. The van der Waals surface area contributed by atoms with Crippen molar-refractivity contribution in [1.29, 1.82) is 0 Å². The molecule has 2 aromatic carbocycles. The Bertz CT molecular complexity index is 1100. The summed E-state index contributed by atoms with van der Waals surface area (Å²) in [5, 5.41) is 6.84. The molecule has 0 bridgehead atoms. The molecule has 9 nitrogen and oxygen atoms in total. The monoisotopic (exact) mass is 547 g/mol. The van der Waals surface area contributed by atoms with E-state index in [-0.39, 0.29) is 18.8 Å². The number of carbonyl (C=O) groups excluding carboxylic acids is 2. The molecule has 1 heterocycles. The summed E-state index contributed by atoms with van der Waals surface area (Å²) in [4.78, 5) is 25.5. The van der Waals surface area contributed by atoms with E-state index in [0.29, 0.717) is 45.2 Å². The molecule has 0 aliphatic carbocycles. The Morgan fingerprint density at radius 1 is 1.14 bits per heavy atom. The second-order valence-electron chi connectivity index (χ2n) is 8.43. The van der Waals surface area contributed by atoms with Gasteiger partial charge >= 0.3 is 0 Å². The predicted molar refractivity (Wildman–Crippen MR) is 135 cm³/mol. The number of hydrogen-bond donors (Lipinski definition) is 2. The highest BCUT2D eigenvalue weighted by Crippen LogP contribution is 2.37. The van der Waals surface area contributed by atoms with Gasteiger partial charge in [0.2, 0.25) is 6.79 Å². The number of ether oxygens (including phenoxy) is 4. The molecule has 1 atom stereocenters. The van der Waals surface area contributed by atoms with Gasteiger partial charge in [-0.25, -0.2) is 5.43 Å². The van der Waals surface area contributed by atoms with Crippen molar-refractivity contribution in [2.24, 2.45) is 11.0 Å². The highest BCUT2D eigenvalue weighted by Gasteiger charge is 2.25. The van der Waals surface area contributed by atoms with Crippen LogP contribution in [0.3, 0.4) is 0 Å². The van der Waals surface area contributed by atoms with Crippen LogP contribution in [0.2, 0.25) is 0 Å². The summed E-state index contributed by atoms with van der Waals surface area (Å²) < 4.78 is 22.8. The fourth-order valence-electron chi connectivity index (χ4n) is 3.31. The van der Waals surface area contributed by atoms with E-state index in [9.17, 15) is 9.59 Å². The number of hydrazone groups is 1. The first-order chi connectivity index (χ1) is 16.7. The third-order valence-electron chi connectivity index (χ3n) is 4.94. The molecule has 1 aliphatic rings. The largest absolute Gasteiger partial charge is 0.490 e. The topological polar surface area (TPSA) is 107 Å². The molecule has 2 aromatic rings. The lowest BCUT2D eigenvalue weighted by molar-refractivity contribution is -0.123. The van der Waals surface area contributed by atoms with Crippen LogP contribution in [0, 0.1) is 5.92 Å². The zero-order valence-corrected chi connectivity index (χ0v) is 22.0. The second-order valence-corrected chi connectivity index (χ2v) is 9.28. The molecule has 0 fully saturated rings. The van der Waals surface area contributed by atoms with E-state index in [4.69, 9.17) is 18.9 Å². The molecule has 1 aliphatic heterocycles. The van der Waals surface area contributed by atoms with E-state index < -0.39 is 17.9 Å². The van der Waals surface area contributed by atoms with Crippen molar-refractivity contribution in [3.63, 3.8) is 0 Å². The fourth-order valence-corrected chi connectivity index (χ4v) is 3.87. The predicted octanol–water partition coefficient (Wildman–Crippen LogP) is 4.27. The highest BCUT2D eigenvalue weighted by molar-refractivity contribution is 9.10. The fraction of sp³-hybridized carbons (Fsp3) is 0.400. The number of rotatable bonds is 10. The Hall–Kier alpha value is -3.27. The van der Waals surface area contributed by atoms with Crippen molar-refractivity contribution in [3.8, 4) is 23.0 Å². The standard InChI is InChI=1S/C25H30BrN3O6/c1-6-32-21-10-16(9-18(26)23(21)35-15(4)5)12-27-29-25(31)22(14(2)3)28-24(30)17-7-8-19-20(11-17)34-13-33-19/h7-12,14-15,22H,6,13H2,1-5H3,(H,28,30)(H,29,31)/b27-12+. The van der Waals surface area contributed by atoms with E-state index in [1.54, 1.807) is 24.3 Å². The Balaban J connectivity index is 1.68. The third kappa shape index (κ3) is 6.88. The molecule has 0 radical (unpaired) electrons. The lowest BCUT2D eigenvalue weighted by Gasteiger charge is -2.20. The minimum Gasteiger partial charge on any atom is -0.490 e. The molecule has 2 N–H and O–H groups in total. The minimum absolute atomic E-state index is 0.0230. The Morgan fingerprint density at radius 2 is 1.89 bits per heavy atom. The molecule has 35 heavy (non-hydrogen) atoms. The summed E-state index contributed by atoms with van der Waals surface area (Å²) >= 11 is 3.51. The van der Waals surface area contributed by atoms with Crippen molar-refractivity contribution < 1.29 is 28.5 Å². The highest BCUT2D eigenvalue weighted by atomic mass is 79.9. The van der Waals surface area contributed by atoms with Crippen LogP contribution in [0.4, 0.5) is 0 Å². The van der Waals surface area contributed by atoms with Gasteiger partial charge in [0.25, 0.3) is 11.8 Å². The molecule has 0 saturated heterocycles. The SMILES string of the molecule is CCOc1cc(/C=N/NC(=O)C(NC(=O)c2ccc3c(c2)OCO3)C(C)C)cc(Br)c1OC(C)C. The van der Waals surface area contributed by atoms with Crippen molar-refractivity contribution in [1.82, 2.24) is 10.7 Å². The van der Waals surface area contributed by atoms with Gasteiger partial charge in [-0.2, -0.15) is 5.10 Å². The number of halogens is 1. The Labute approximate surface area is 213 Å². The smallest absolute Gasteiger partial charge is 0.262 e. The lowest BCUT2D eigenvalue weighted by Crippen LogP contribution is -2.48. The van der Waals surface area contributed by atoms with Crippen LogP contribution in [-0.4, -0.2) is 43.6 Å². The van der Waals surface area contributed by atoms with Crippen LogP contribution >= 0.6 is 15.9 Å². The van der Waals surface area contributed by atoms with Crippen molar-refractivity contribution >= 4 is 34.0 Å². The van der Waals surface area contributed by atoms with E-state index in [1.807, 2.05) is 40.7 Å². The summed E-state index contributed by atoms with van der Waals surface area (Å²) in [6.45, 7) is 10.0. The number of fused-ring (bicyclic) bond motifs is 1. The van der Waals surface area contributed by atoms with Gasteiger partial charge in [0.05, 0.1) is 23.4 Å². The molecule has 0 saturated carbocycles. The number of carbonyl (C=O) groups is 2. The molecule has 1 unspecified atom stereocenters. The zero-order chi connectivity index (χ0) is 25.5. The van der Waals surface area contributed by atoms with Crippen LogP contribution in [0.15, 0.2) is 39.9 Å². The van der Waals surface area contributed by atoms with Gasteiger partial charge in [0.15, 0.2) is 23.0 Å². The van der Waals surface area contributed by atoms with E-state index in [2.05, 4.69) is 31.8 Å². The first-order valence-electron chi connectivity index (χ1n) is 11.4. The summed E-state index contributed by atoms with van der Waals surface area (Å²) in [6.07, 6.45) is 1.48. The van der Waals surface area contributed by atoms with E-state index in [1.165, 1.54) is 6.21 Å². The molecule has 0 spiro atoms. The van der Waals surface area contributed by atoms with Gasteiger partial charge in [-0.1, -0.05) is 13.8 Å². The van der Waals surface area contributed by atoms with Crippen molar-refractivity contribution in [3.05, 3.63) is 45.9 Å². The van der Waals surface area contributed by atoms with Gasteiger partial charge in [-0.15, -0.1) is 0 Å². The molecule has 0 aromatic heterocycles. The normalized spacial score (nSPS) is 13.3. The van der Waals surface area contributed by atoms with Crippen LogP contribution in [0.25, 0.3) is 0 Å². The zero-order valence-electron chi connectivity index (χ0n) is 20.4. The van der Waals surface area contributed by atoms with Gasteiger partial charge in [0, 0.05) is 5.56 Å². The number of hydrogen-bond acceptors (Lipinski definition) is 7. The summed E-state index contributed by atoms with van der Waals surface area (Å²) in [7, 11) is 0. The van der Waals surface area contributed by atoms with Crippen LogP contribution in [0.5, 0.6) is 23.0 Å². The maximum Gasteiger partial charge on any atom is 0.262 e. The minimum atomic E-state index is -0.794. The van der Waals surface area contributed by atoms with Gasteiger partial charge < -0.3 is 24.3 Å². The maximum atomic E-state index is 12.8. The summed E-state index contributed by atoms with van der Waals surface area (Å²) in [6, 6.07) is 7.68. The Kier molecular flexibility index (Phi) is 8.97. The number of nitrogens with zero attached hydrogens (tertiary/aromatic N) is 1. The van der Waals surface area contributed by atoms with Crippen molar-refractivity contribution in [2.45, 2.75) is 46.8 Å². The molecule has 188 valence electrons. The average molecular weight is 548 g/mol. The van der Waals surface area contributed by atoms with Crippen LogP contribution < -0.4 is 29.7 Å². The second kappa shape index (κ2) is 11.9. The first kappa shape index (κ1) is 26.3. The molecule has 10 heteroatoms. The average Bonchev–Trinajstić information content (AvgIpc) is 3.27. The third-order valence-corrected chi connectivity index (χ3v) is 5.53. The van der Waals surface area contributed by atoms with Crippen LogP contribution in [-0.2, 0) is 4.79 Å². The van der Waals surface area contributed by atoms with Gasteiger partial charge in [-0.05, 0) is 78.5 Å². The first-order valence-corrected chi connectivity index (χ1v) is 12.1. The van der Waals surface area contributed by atoms with Crippen LogP contribution in [0.1, 0.15) is 50.5 Å². The lowest BCUT2D eigenvalue weighted by atomic mass is 10.0. The van der Waals surface area contributed by atoms with Crippen molar-refractivity contribution in [2.75, 3.05) is 13.4 Å². The maximum absolute atomic E-state index is 12.8. The quantitative estimate of drug-likeness (QED) is 0.339. The molecule has 2 amide bonds. The van der Waals surface area contributed by atoms with E-state index in [0.717, 1.165) is 0 Å². The number of nitrogens with one attached hydrogen (secondary N) is 2. The summed E-state index contributed by atoms with van der Waals surface area (Å²) in [5.74, 6) is 1.25. The molecular weight excluding hydrogens is 518 g/mol. The molecule has 3 rings (SSSR count). The van der Waals surface area contributed by atoms with Gasteiger partial charge in [0.1, 0.15) is 6.04 Å². The summed E-state index contributed by atoms with van der Waals surface area (Å²) in [5.41, 5.74) is 3.58. The number of amides is 2.